The van der Waals surface area contributed by atoms with Crippen LogP contribution < -0.4 is 11.1 Å². The lowest BCUT2D eigenvalue weighted by molar-refractivity contribution is -0.123. The first-order valence-electron chi connectivity index (χ1n) is 8.03. The Kier molecular flexibility index (Phi) is 6.65. The van der Waals surface area contributed by atoms with Crippen LogP contribution >= 0.6 is 0 Å². The van der Waals surface area contributed by atoms with Gasteiger partial charge in [0.25, 0.3) is 11.8 Å². The maximum Gasteiger partial charge on any atom is 0.339 e. The molecular weight excluding hydrogens is 350 g/mol. The molecule has 0 heterocycles. The van der Waals surface area contributed by atoms with Crippen LogP contribution in [-0.4, -0.2) is 42.4 Å². The highest BCUT2D eigenvalue weighted by Gasteiger charge is 2.21. The van der Waals surface area contributed by atoms with Crippen molar-refractivity contribution in [3.8, 4) is 0 Å². The number of primary amides is 1. The van der Waals surface area contributed by atoms with Crippen molar-refractivity contribution >= 4 is 23.8 Å². The van der Waals surface area contributed by atoms with Gasteiger partial charge in [0.05, 0.1) is 11.1 Å². The van der Waals surface area contributed by atoms with Gasteiger partial charge in [0, 0.05) is 13.6 Å². The molecule has 8 nitrogen and oxygen atoms in total. The van der Waals surface area contributed by atoms with E-state index in [1.54, 1.807) is 24.5 Å². The second-order valence-electron chi connectivity index (χ2n) is 5.68. The van der Waals surface area contributed by atoms with Crippen molar-refractivity contribution in [1.29, 1.82) is 0 Å². The van der Waals surface area contributed by atoms with Crippen molar-refractivity contribution < 1.29 is 23.9 Å². The van der Waals surface area contributed by atoms with E-state index in [0.29, 0.717) is 6.54 Å². The first kappa shape index (κ1) is 19.6. The number of esters is 1. The van der Waals surface area contributed by atoms with Crippen LogP contribution in [0.1, 0.15) is 26.3 Å². The number of rotatable bonds is 6. The minimum Gasteiger partial charge on any atom is -0.452 e. The van der Waals surface area contributed by atoms with Gasteiger partial charge in [-0.2, -0.15) is 0 Å². The van der Waals surface area contributed by atoms with E-state index >= 15 is 0 Å². The van der Waals surface area contributed by atoms with Crippen molar-refractivity contribution in [3.63, 3.8) is 0 Å². The summed E-state index contributed by atoms with van der Waals surface area (Å²) in [6.07, 6.45) is 0. The highest BCUT2D eigenvalue weighted by molar-refractivity contribution is 6.05. The summed E-state index contributed by atoms with van der Waals surface area (Å²) in [5.41, 5.74) is 5.92. The number of imide groups is 1. The SMILES string of the molecule is CN(Cc1ccccc1)C(=O)c1ccccc1C(=O)OCC(=O)NC(N)=O. The minimum absolute atomic E-state index is 0.0225. The van der Waals surface area contributed by atoms with E-state index in [2.05, 4.69) is 0 Å². The number of nitrogens with one attached hydrogen (secondary N) is 1. The van der Waals surface area contributed by atoms with Gasteiger partial charge < -0.3 is 15.4 Å². The Hall–Kier alpha value is -3.68. The van der Waals surface area contributed by atoms with Gasteiger partial charge in [-0.3, -0.25) is 14.9 Å². The monoisotopic (exact) mass is 369 g/mol. The van der Waals surface area contributed by atoms with Gasteiger partial charge in [-0.1, -0.05) is 42.5 Å². The summed E-state index contributed by atoms with van der Waals surface area (Å²) in [7, 11) is 1.62. The van der Waals surface area contributed by atoms with Gasteiger partial charge in [-0.05, 0) is 17.7 Å². The van der Waals surface area contributed by atoms with Gasteiger partial charge in [0.2, 0.25) is 0 Å². The summed E-state index contributed by atoms with van der Waals surface area (Å²) in [6.45, 7) is -0.325. The molecule has 0 unspecified atom stereocenters. The Morgan fingerprint density at radius 3 is 2.19 bits per heavy atom. The number of carbonyl (C=O) groups excluding carboxylic acids is 4. The van der Waals surface area contributed by atoms with Crippen molar-refractivity contribution in [2.24, 2.45) is 5.73 Å². The molecule has 3 N–H and O–H groups in total. The first-order valence-corrected chi connectivity index (χ1v) is 8.03. The van der Waals surface area contributed by atoms with Crippen molar-refractivity contribution in [1.82, 2.24) is 10.2 Å². The van der Waals surface area contributed by atoms with E-state index in [9.17, 15) is 19.2 Å². The molecule has 140 valence electrons. The number of amides is 4. The molecular formula is C19H19N3O5. The maximum atomic E-state index is 12.7. The molecule has 0 radical (unpaired) electrons. The third kappa shape index (κ3) is 5.67. The second kappa shape index (κ2) is 9.14. The molecule has 2 rings (SSSR count). The van der Waals surface area contributed by atoms with Crippen LogP contribution in [0.4, 0.5) is 4.79 Å². The molecule has 2 aromatic carbocycles. The molecule has 0 aliphatic carbocycles. The summed E-state index contributed by atoms with van der Waals surface area (Å²) >= 11 is 0. The minimum atomic E-state index is -1.05. The van der Waals surface area contributed by atoms with Crippen LogP contribution in [0, 0.1) is 0 Å². The number of nitrogens with two attached hydrogens (primary N) is 1. The Bertz CT molecular complexity index is 851. The van der Waals surface area contributed by atoms with E-state index in [0.717, 1.165) is 5.56 Å². The van der Waals surface area contributed by atoms with Crippen LogP contribution in [0.5, 0.6) is 0 Å². The summed E-state index contributed by atoms with van der Waals surface area (Å²) in [6, 6.07) is 14.5. The lowest BCUT2D eigenvalue weighted by atomic mass is 10.1. The Balaban J connectivity index is 2.09. The average molecular weight is 369 g/mol. The van der Waals surface area contributed by atoms with Gasteiger partial charge in [-0.25, -0.2) is 9.59 Å². The van der Waals surface area contributed by atoms with Crippen LogP contribution in [0.15, 0.2) is 54.6 Å². The number of ether oxygens (including phenoxy) is 1. The molecule has 8 heteroatoms. The zero-order valence-corrected chi connectivity index (χ0v) is 14.7. The molecule has 0 atom stereocenters. The summed E-state index contributed by atoms with van der Waals surface area (Å²) in [4.78, 5) is 48.4. The van der Waals surface area contributed by atoms with Gasteiger partial charge in [0.15, 0.2) is 6.61 Å². The number of hydrogen-bond donors (Lipinski definition) is 2. The molecule has 0 saturated heterocycles. The third-order valence-electron chi connectivity index (χ3n) is 3.58. The number of benzene rings is 2. The molecule has 27 heavy (non-hydrogen) atoms. The fourth-order valence-electron chi connectivity index (χ4n) is 2.36. The van der Waals surface area contributed by atoms with Crippen molar-refractivity contribution in [2.75, 3.05) is 13.7 Å². The largest absolute Gasteiger partial charge is 0.452 e. The number of urea groups is 1. The molecule has 2 aromatic rings. The fraction of sp³-hybridized carbons (Fsp3) is 0.158. The van der Waals surface area contributed by atoms with E-state index in [-0.39, 0.29) is 17.0 Å². The van der Waals surface area contributed by atoms with Crippen LogP contribution in [0.25, 0.3) is 0 Å². The molecule has 0 spiro atoms. The Morgan fingerprint density at radius 2 is 1.56 bits per heavy atom. The number of carbonyl (C=O) groups is 4. The Morgan fingerprint density at radius 1 is 0.963 bits per heavy atom. The Labute approximate surface area is 155 Å². The molecule has 0 aromatic heterocycles. The van der Waals surface area contributed by atoms with E-state index < -0.39 is 24.5 Å². The van der Waals surface area contributed by atoms with Crippen molar-refractivity contribution in [2.45, 2.75) is 6.54 Å². The van der Waals surface area contributed by atoms with Gasteiger partial charge in [0.1, 0.15) is 0 Å². The average Bonchev–Trinajstić information content (AvgIpc) is 2.65. The first-order chi connectivity index (χ1) is 12.9. The highest BCUT2D eigenvalue weighted by atomic mass is 16.5. The molecule has 0 aliphatic rings. The predicted octanol–water partition coefficient (Wildman–Crippen LogP) is 1.31. The molecule has 0 saturated carbocycles. The maximum absolute atomic E-state index is 12.7. The summed E-state index contributed by atoms with van der Waals surface area (Å²) in [5.74, 6) is -2.08. The standard InChI is InChI=1S/C19H19N3O5/c1-22(11-13-7-3-2-4-8-13)17(24)14-9-5-6-10-15(14)18(25)27-12-16(23)21-19(20)26/h2-10H,11-12H2,1H3,(H3,20,21,23,26). The number of hydrogen-bond acceptors (Lipinski definition) is 5. The highest BCUT2D eigenvalue weighted by Crippen LogP contribution is 2.14. The summed E-state index contributed by atoms with van der Waals surface area (Å²) in [5, 5.41) is 1.78. The second-order valence-corrected chi connectivity index (χ2v) is 5.68. The van der Waals surface area contributed by atoms with E-state index in [1.807, 2.05) is 30.3 Å². The molecule has 4 amide bonds. The lowest BCUT2D eigenvalue weighted by Crippen LogP contribution is -2.38. The molecule has 0 fully saturated rings. The van der Waals surface area contributed by atoms with Crippen LogP contribution in [-0.2, 0) is 16.1 Å². The zero-order chi connectivity index (χ0) is 19.8. The van der Waals surface area contributed by atoms with Crippen LogP contribution in [0.3, 0.4) is 0 Å². The fourth-order valence-corrected chi connectivity index (χ4v) is 2.36. The number of nitrogens with zero attached hydrogens (tertiary/aromatic N) is 1. The van der Waals surface area contributed by atoms with Gasteiger partial charge >= 0.3 is 12.0 Å². The molecule has 0 bridgehead atoms. The third-order valence-corrected chi connectivity index (χ3v) is 3.58. The van der Waals surface area contributed by atoms with E-state index in [4.69, 9.17) is 10.5 Å². The normalized spacial score (nSPS) is 9.96. The zero-order valence-electron chi connectivity index (χ0n) is 14.7. The topological polar surface area (TPSA) is 119 Å². The summed E-state index contributed by atoms with van der Waals surface area (Å²) < 4.78 is 4.85. The van der Waals surface area contributed by atoms with Crippen LogP contribution in [0.2, 0.25) is 0 Å². The molecule has 0 aliphatic heterocycles. The smallest absolute Gasteiger partial charge is 0.339 e. The van der Waals surface area contributed by atoms with Crippen molar-refractivity contribution in [3.05, 3.63) is 71.3 Å². The lowest BCUT2D eigenvalue weighted by Gasteiger charge is -2.19. The van der Waals surface area contributed by atoms with E-state index in [1.165, 1.54) is 17.0 Å². The predicted molar refractivity (Wildman–Crippen MR) is 96.7 cm³/mol. The van der Waals surface area contributed by atoms with Gasteiger partial charge in [-0.15, -0.1) is 0 Å². The quantitative estimate of drug-likeness (QED) is 0.744.